The first-order valence-corrected chi connectivity index (χ1v) is 7.42. The van der Waals surface area contributed by atoms with Crippen LogP contribution in [0.1, 0.15) is 41.6 Å². The molecule has 1 N–H and O–H groups in total. The molecule has 1 saturated heterocycles. The maximum absolute atomic E-state index is 10.9. The highest BCUT2D eigenvalue weighted by Gasteiger charge is 2.33. The molecule has 0 aromatic heterocycles. The number of carbonyl (C=O) groups is 1. The molecular formula is C16H21NO3. The van der Waals surface area contributed by atoms with E-state index in [1.54, 1.807) is 12.1 Å². The molecule has 2 atom stereocenters. The minimum absolute atomic E-state index is 0.353. The van der Waals surface area contributed by atoms with E-state index < -0.39 is 5.97 Å². The van der Waals surface area contributed by atoms with Crippen LogP contribution in [0.15, 0.2) is 24.3 Å². The van der Waals surface area contributed by atoms with Crippen molar-refractivity contribution in [2.45, 2.75) is 44.4 Å². The third kappa shape index (κ3) is 2.86. The Morgan fingerprint density at radius 3 is 2.75 bits per heavy atom. The Morgan fingerprint density at radius 1 is 1.25 bits per heavy atom. The molecule has 0 bridgehead atoms. The quantitative estimate of drug-likeness (QED) is 0.921. The number of rotatable bonds is 3. The van der Waals surface area contributed by atoms with Crippen molar-refractivity contribution in [3.8, 4) is 0 Å². The molecular weight excluding hydrogens is 254 g/mol. The van der Waals surface area contributed by atoms with Crippen LogP contribution in [0.5, 0.6) is 0 Å². The lowest BCUT2D eigenvalue weighted by atomic mass is 9.90. The van der Waals surface area contributed by atoms with Crippen molar-refractivity contribution >= 4 is 5.97 Å². The van der Waals surface area contributed by atoms with E-state index in [9.17, 15) is 4.79 Å². The third-order valence-corrected chi connectivity index (χ3v) is 4.43. The second kappa shape index (κ2) is 5.94. The topological polar surface area (TPSA) is 49.8 Å². The number of hydrogen-bond acceptors (Lipinski definition) is 3. The summed E-state index contributed by atoms with van der Waals surface area (Å²) in [5.41, 5.74) is 1.53. The zero-order valence-electron chi connectivity index (χ0n) is 11.6. The molecule has 4 heteroatoms. The number of carboxylic acid groups (broad SMARTS) is 1. The number of ether oxygens (including phenoxy) is 1. The highest BCUT2D eigenvalue weighted by Crippen LogP contribution is 2.29. The summed E-state index contributed by atoms with van der Waals surface area (Å²) in [6, 6.07) is 7.78. The van der Waals surface area contributed by atoms with Gasteiger partial charge in [0, 0.05) is 19.1 Å². The first-order chi connectivity index (χ1) is 9.74. The molecule has 20 heavy (non-hydrogen) atoms. The second-order valence-electron chi connectivity index (χ2n) is 5.73. The summed E-state index contributed by atoms with van der Waals surface area (Å²) in [6.07, 6.45) is 5.37. The average molecular weight is 275 g/mol. The Labute approximate surface area is 119 Å². The maximum Gasteiger partial charge on any atom is 0.335 e. The van der Waals surface area contributed by atoms with E-state index in [-0.39, 0.29) is 0 Å². The van der Waals surface area contributed by atoms with Crippen LogP contribution >= 0.6 is 0 Å². The highest BCUT2D eigenvalue weighted by molar-refractivity contribution is 5.87. The molecule has 1 aliphatic heterocycles. The first-order valence-electron chi connectivity index (χ1n) is 7.42. The molecule has 0 spiro atoms. The van der Waals surface area contributed by atoms with Gasteiger partial charge in [-0.15, -0.1) is 0 Å². The molecule has 108 valence electrons. The van der Waals surface area contributed by atoms with E-state index >= 15 is 0 Å². The van der Waals surface area contributed by atoms with Gasteiger partial charge in [-0.2, -0.15) is 0 Å². The predicted octanol–water partition coefficient (Wildman–Crippen LogP) is 2.53. The number of fused-ring (bicyclic) bond motifs is 1. The minimum atomic E-state index is -0.865. The maximum atomic E-state index is 10.9. The molecule has 1 aliphatic carbocycles. The van der Waals surface area contributed by atoms with E-state index in [4.69, 9.17) is 9.84 Å². The van der Waals surface area contributed by atoms with E-state index in [1.165, 1.54) is 31.2 Å². The van der Waals surface area contributed by atoms with Crippen LogP contribution in [0, 0.1) is 0 Å². The average Bonchev–Trinajstić information content (AvgIpc) is 2.48. The Balaban J connectivity index is 1.68. The largest absolute Gasteiger partial charge is 0.478 e. The van der Waals surface area contributed by atoms with E-state index in [2.05, 4.69) is 4.90 Å². The van der Waals surface area contributed by atoms with Gasteiger partial charge in [0.15, 0.2) is 0 Å². The molecule has 4 nitrogen and oxygen atoms in total. The third-order valence-electron chi connectivity index (χ3n) is 4.43. The van der Waals surface area contributed by atoms with Gasteiger partial charge < -0.3 is 9.84 Å². The summed E-state index contributed by atoms with van der Waals surface area (Å²) >= 11 is 0. The molecule has 2 unspecified atom stereocenters. The highest BCUT2D eigenvalue weighted by atomic mass is 16.5. The summed E-state index contributed by atoms with van der Waals surface area (Å²) in [7, 11) is 0. The molecule has 0 radical (unpaired) electrons. The van der Waals surface area contributed by atoms with Crippen molar-refractivity contribution in [3.05, 3.63) is 35.4 Å². The van der Waals surface area contributed by atoms with Crippen molar-refractivity contribution in [2.75, 3.05) is 13.2 Å². The summed E-state index contributed by atoms with van der Waals surface area (Å²) < 4.78 is 5.88. The van der Waals surface area contributed by atoms with Gasteiger partial charge in [0.25, 0.3) is 0 Å². The number of nitrogens with zero attached hydrogens (tertiary/aromatic N) is 1. The lowest BCUT2D eigenvalue weighted by Gasteiger charge is -2.43. The Morgan fingerprint density at radius 2 is 2.00 bits per heavy atom. The number of morpholine rings is 1. The van der Waals surface area contributed by atoms with Gasteiger partial charge in [0.2, 0.25) is 0 Å². The SMILES string of the molecule is O=C(O)c1ccc(CN2CCOC3CCCCC32)cc1. The van der Waals surface area contributed by atoms with Gasteiger partial charge in [-0.3, -0.25) is 4.90 Å². The van der Waals surface area contributed by atoms with Crippen molar-refractivity contribution in [1.82, 2.24) is 4.90 Å². The van der Waals surface area contributed by atoms with E-state index in [0.717, 1.165) is 19.7 Å². The monoisotopic (exact) mass is 275 g/mol. The fourth-order valence-corrected chi connectivity index (χ4v) is 3.36. The second-order valence-corrected chi connectivity index (χ2v) is 5.73. The number of carboxylic acids is 1. The van der Waals surface area contributed by atoms with Gasteiger partial charge in [-0.05, 0) is 30.5 Å². The zero-order valence-corrected chi connectivity index (χ0v) is 11.6. The molecule has 1 saturated carbocycles. The van der Waals surface area contributed by atoms with Crippen LogP contribution < -0.4 is 0 Å². The molecule has 1 aromatic carbocycles. The van der Waals surface area contributed by atoms with Crippen molar-refractivity contribution in [2.24, 2.45) is 0 Å². The molecule has 3 rings (SSSR count). The number of benzene rings is 1. The van der Waals surface area contributed by atoms with Crippen molar-refractivity contribution in [1.29, 1.82) is 0 Å². The molecule has 1 heterocycles. The first kappa shape index (κ1) is 13.6. The van der Waals surface area contributed by atoms with Gasteiger partial charge in [0.1, 0.15) is 0 Å². The van der Waals surface area contributed by atoms with Crippen LogP contribution in [0.2, 0.25) is 0 Å². The number of aromatic carboxylic acids is 1. The Kier molecular flexibility index (Phi) is 4.03. The molecule has 1 aromatic rings. The van der Waals surface area contributed by atoms with Gasteiger partial charge in [-0.25, -0.2) is 4.79 Å². The standard InChI is InChI=1S/C16H21NO3/c18-16(19)13-7-5-12(6-8-13)11-17-9-10-20-15-4-2-1-3-14(15)17/h5-8,14-15H,1-4,9-11H2,(H,18,19). The summed E-state index contributed by atoms with van der Waals surface area (Å²) in [6.45, 7) is 2.68. The fourth-order valence-electron chi connectivity index (χ4n) is 3.36. The minimum Gasteiger partial charge on any atom is -0.478 e. The van der Waals surface area contributed by atoms with Crippen LogP contribution in [-0.2, 0) is 11.3 Å². The van der Waals surface area contributed by atoms with Crippen LogP contribution in [-0.4, -0.2) is 41.3 Å². The van der Waals surface area contributed by atoms with Gasteiger partial charge in [-0.1, -0.05) is 25.0 Å². The Bertz CT molecular complexity index is 469. The fraction of sp³-hybridized carbons (Fsp3) is 0.562. The zero-order chi connectivity index (χ0) is 13.9. The molecule has 2 fully saturated rings. The van der Waals surface area contributed by atoms with E-state index in [1.807, 2.05) is 12.1 Å². The lowest BCUT2D eigenvalue weighted by Crippen LogP contribution is -2.52. The number of hydrogen-bond donors (Lipinski definition) is 1. The summed E-state index contributed by atoms with van der Waals surface area (Å²) in [5.74, 6) is -0.865. The molecule has 0 amide bonds. The predicted molar refractivity (Wildman–Crippen MR) is 75.8 cm³/mol. The van der Waals surface area contributed by atoms with Crippen molar-refractivity contribution in [3.63, 3.8) is 0 Å². The lowest BCUT2D eigenvalue weighted by molar-refractivity contribution is -0.0911. The van der Waals surface area contributed by atoms with E-state index in [0.29, 0.717) is 17.7 Å². The van der Waals surface area contributed by atoms with Gasteiger partial charge in [0.05, 0.1) is 18.3 Å². The summed E-state index contributed by atoms with van der Waals surface area (Å²) in [4.78, 5) is 13.4. The van der Waals surface area contributed by atoms with Crippen LogP contribution in [0.3, 0.4) is 0 Å². The Hall–Kier alpha value is -1.39. The van der Waals surface area contributed by atoms with Crippen molar-refractivity contribution < 1.29 is 14.6 Å². The normalized spacial score (nSPS) is 27.0. The molecule has 2 aliphatic rings. The van der Waals surface area contributed by atoms with Crippen LogP contribution in [0.4, 0.5) is 0 Å². The smallest absolute Gasteiger partial charge is 0.335 e. The van der Waals surface area contributed by atoms with Gasteiger partial charge >= 0.3 is 5.97 Å². The summed E-state index contributed by atoms with van der Waals surface area (Å²) in [5, 5.41) is 8.92. The van der Waals surface area contributed by atoms with Crippen LogP contribution in [0.25, 0.3) is 0 Å².